The molecule has 2 rings (SSSR count). The van der Waals surface area contributed by atoms with Crippen molar-refractivity contribution in [3.05, 3.63) is 45.9 Å². The molecule has 1 aromatic carbocycles. The van der Waals surface area contributed by atoms with Crippen LogP contribution in [0.25, 0.3) is 0 Å². The highest BCUT2D eigenvalue weighted by Gasteiger charge is 2.42. The number of halogens is 1. The van der Waals surface area contributed by atoms with E-state index in [4.69, 9.17) is 11.6 Å². The smallest absolute Gasteiger partial charge is 0.247 e. The average molecular weight is 415 g/mol. The maximum absolute atomic E-state index is 12.8. The number of hydrogen-bond acceptors (Lipinski definition) is 5. The number of aromatic nitrogens is 1. The van der Waals surface area contributed by atoms with E-state index in [-0.39, 0.29) is 11.2 Å². The van der Waals surface area contributed by atoms with Crippen LogP contribution in [-0.4, -0.2) is 24.1 Å². The Kier molecular flexibility index (Phi) is 5.85. The van der Waals surface area contributed by atoms with Crippen molar-refractivity contribution < 1.29 is 13.2 Å². The van der Waals surface area contributed by atoms with Gasteiger partial charge >= 0.3 is 0 Å². The number of nitrogens with one attached hydrogen (secondary N) is 1. The molecule has 142 valence electrons. The molecule has 1 aromatic heterocycles. The summed E-state index contributed by atoms with van der Waals surface area (Å²) in [7, 11) is -3.74. The van der Waals surface area contributed by atoms with Crippen LogP contribution in [0.15, 0.2) is 29.6 Å². The largest absolute Gasteiger partial charge is 0.301 e. The zero-order valence-corrected chi connectivity index (χ0v) is 17.8. The molecule has 1 heterocycles. The molecule has 0 aliphatic carbocycles. The van der Waals surface area contributed by atoms with Crippen molar-refractivity contribution in [2.75, 3.05) is 5.32 Å². The molecule has 2 aromatic rings. The van der Waals surface area contributed by atoms with Gasteiger partial charge in [0.2, 0.25) is 5.91 Å². The quantitative estimate of drug-likeness (QED) is 0.785. The minimum atomic E-state index is -3.74. The van der Waals surface area contributed by atoms with E-state index in [0.29, 0.717) is 15.7 Å². The number of nitrogens with zero attached hydrogens (tertiary/aromatic N) is 1. The van der Waals surface area contributed by atoms with Crippen molar-refractivity contribution >= 4 is 43.8 Å². The Morgan fingerprint density at radius 1 is 1.15 bits per heavy atom. The summed E-state index contributed by atoms with van der Waals surface area (Å²) in [5.41, 5.74) is 1.29. The van der Waals surface area contributed by atoms with E-state index in [9.17, 15) is 13.2 Å². The van der Waals surface area contributed by atoms with Gasteiger partial charge in [-0.3, -0.25) is 4.79 Å². The monoisotopic (exact) mass is 414 g/mol. The number of carbonyl (C=O) groups is 1. The highest BCUT2D eigenvalue weighted by Crippen LogP contribution is 2.28. The van der Waals surface area contributed by atoms with Gasteiger partial charge in [0.25, 0.3) is 0 Å². The Balaban J connectivity index is 2.17. The predicted octanol–water partition coefficient (Wildman–Crippen LogP) is 4.43. The molecule has 0 unspecified atom stereocenters. The fraction of sp³-hybridized carbons (Fsp3) is 0.444. The summed E-state index contributed by atoms with van der Waals surface area (Å²) in [6.45, 7) is 8.88. The second kappa shape index (κ2) is 7.29. The van der Waals surface area contributed by atoms with Crippen LogP contribution in [0.1, 0.15) is 45.9 Å². The standard InChI is InChI=1S/C18H23ClN2O3S2/c1-17(2,3)14-10-25-16(20-14)21-15(22)18(4,5)26(23,24)11-12-6-8-13(19)9-7-12/h6-10H,11H2,1-5H3,(H,20,21,22). The third-order valence-electron chi connectivity index (χ3n) is 4.09. The Morgan fingerprint density at radius 3 is 2.23 bits per heavy atom. The van der Waals surface area contributed by atoms with Gasteiger partial charge in [0.1, 0.15) is 4.75 Å². The Morgan fingerprint density at radius 2 is 1.73 bits per heavy atom. The number of carbonyl (C=O) groups excluding carboxylic acids is 1. The van der Waals surface area contributed by atoms with Crippen molar-refractivity contribution in [3.8, 4) is 0 Å². The normalized spacial score (nSPS) is 12.8. The van der Waals surface area contributed by atoms with Crippen LogP contribution >= 0.6 is 22.9 Å². The second-order valence-electron chi connectivity index (χ2n) is 7.64. The van der Waals surface area contributed by atoms with Crippen molar-refractivity contribution in [1.82, 2.24) is 4.98 Å². The van der Waals surface area contributed by atoms with Gasteiger partial charge in [0, 0.05) is 15.8 Å². The molecule has 1 N–H and O–H groups in total. The molecule has 26 heavy (non-hydrogen) atoms. The molecule has 1 amide bonds. The van der Waals surface area contributed by atoms with Gasteiger partial charge in [-0.05, 0) is 31.5 Å². The SMILES string of the molecule is CC(C)(C)c1csc(NC(=O)C(C)(C)S(=O)(=O)Cc2ccc(Cl)cc2)n1. The van der Waals surface area contributed by atoms with E-state index in [1.54, 1.807) is 24.3 Å². The number of benzene rings is 1. The molecule has 0 bridgehead atoms. The summed E-state index contributed by atoms with van der Waals surface area (Å²) in [6.07, 6.45) is 0. The summed E-state index contributed by atoms with van der Waals surface area (Å²) in [6, 6.07) is 6.54. The van der Waals surface area contributed by atoms with E-state index in [1.165, 1.54) is 25.2 Å². The molecule has 0 saturated carbocycles. The van der Waals surface area contributed by atoms with Crippen molar-refractivity contribution in [2.45, 2.75) is 50.5 Å². The van der Waals surface area contributed by atoms with Gasteiger partial charge in [0.15, 0.2) is 15.0 Å². The van der Waals surface area contributed by atoms with E-state index >= 15 is 0 Å². The van der Waals surface area contributed by atoms with Crippen molar-refractivity contribution in [3.63, 3.8) is 0 Å². The van der Waals surface area contributed by atoms with E-state index < -0.39 is 20.5 Å². The van der Waals surface area contributed by atoms with E-state index in [2.05, 4.69) is 10.3 Å². The number of amides is 1. The van der Waals surface area contributed by atoms with Crippen LogP contribution in [0.3, 0.4) is 0 Å². The number of hydrogen-bond donors (Lipinski definition) is 1. The predicted molar refractivity (Wildman–Crippen MR) is 108 cm³/mol. The lowest BCUT2D eigenvalue weighted by atomic mass is 9.93. The molecular weight excluding hydrogens is 392 g/mol. The average Bonchev–Trinajstić information content (AvgIpc) is 2.98. The van der Waals surface area contributed by atoms with Gasteiger partial charge in [-0.25, -0.2) is 13.4 Å². The summed E-state index contributed by atoms with van der Waals surface area (Å²) in [5, 5.41) is 5.44. The lowest BCUT2D eigenvalue weighted by Gasteiger charge is -2.23. The maximum Gasteiger partial charge on any atom is 0.247 e. The lowest BCUT2D eigenvalue weighted by molar-refractivity contribution is -0.117. The first-order valence-electron chi connectivity index (χ1n) is 8.07. The third-order valence-corrected chi connectivity index (χ3v) is 7.55. The highest BCUT2D eigenvalue weighted by atomic mass is 35.5. The Labute approximate surface area is 163 Å². The minimum Gasteiger partial charge on any atom is -0.301 e. The summed E-state index contributed by atoms with van der Waals surface area (Å²) in [4.78, 5) is 17.0. The summed E-state index contributed by atoms with van der Waals surface area (Å²) >= 11 is 7.11. The van der Waals surface area contributed by atoms with Gasteiger partial charge in [-0.1, -0.05) is 44.5 Å². The fourth-order valence-corrected chi connectivity index (χ4v) is 4.43. The third kappa shape index (κ3) is 4.64. The molecule has 0 fully saturated rings. The number of anilines is 1. The molecule has 8 heteroatoms. The van der Waals surface area contributed by atoms with Crippen LogP contribution in [0, 0.1) is 0 Å². The van der Waals surface area contributed by atoms with E-state index in [1.807, 2.05) is 26.2 Å². The molecule has 0 radical (unpaired) electrons. The van der Waals surface area contributed by atoms with Crippen LogP contribution in [0.4, 0.5) is 5.13 Å². The van der Waals surface area contributed by atoms with Gasteiger partial charge in [-0.2, -0.15) is 0 Å². The highest BCUT2D eigenvalue weighted by molar-refractivity contribution is 7.92. The molecular formula is C18H23ClN2O3S2. The summed E-state index contributed by atoms with van der Waals surface area (Å²) < 4.78 is 24.0. The van der Waals surface area contributed by atoms with Crippen LogP contribution in [-0.2, 0) is 25.8 Å². The number of sulfone groups is 1. The minimum absolute atomic E-state index is 0.143. The topological polar surface area (TPSA) is 76.1 Å². The zero-order chi connectivity index (χ0) is 19.8. The molecule has 5 nitrogen and oxygen atoms in total. The lowest BCUT2D eigenvalue weighted by Crippen LogP contribution is -2.45. The number of rotatable bonds is 5. The maximum atomic E-state index is 12.8. The van der Waals surface area contributed by atoms with Crippen LogP contribution < -0.4 is 5.32 Å². The van der Waals surface area contributed by atoms with E-state index in [0.717, 1.165) is 5.69 Å². The van der Waals surface area contributed by atoms with Gasteiger partial charge in [-0.15, -0.1) is 11.3 Å². The van der Waals surface area contributed by atoms with Gasteiger partial charge < -0.3 is 5.32 Å². The van der Waals surface area contributed by atoms with Gasteiger partial charge in [0.05, 0.1) is 11.4 Å². The first kappa shape index (κ1) is 20.9. The zero-order valence-electron chi connectivity index (χ0n) is 15.5. The molecule has 0 saturated heterocycles. The molecule has 0 aliphatic rings. The van der Waals surface area contributed by atoms with Crippen molar-refractivity contribution in [2.24, 2.45) is 0 Å². The first-order chi connectivity index (χ1) is 11.8. The fourth-order valence-electron chi connectivity index (χ4n) is 2.04. The Hall–Kier alpha value is -1.44. The molecule has 0 spiro atoms. The van der Waals surface area contributed by atoms with Crippen molar-refractivity contribution in [1.29, 1.82) is 0 Å². The van der Waals surface area contributed by atoms with Crippen LogP contribution in [0.2, 0.25) is 5.02 Å². The molecule has 0 aliphatic heterocycles. The Bertz CT molecular complexity index is 895. The van der Waals surface area contributed by atoms with Crippen LogP contribution in [0.5, 0.6) is 0 Å². The second-order valence-corrected chi connectivity index (χ2v) is 11.5. The number of thiazole rings is 1. The first-order valence-corrected chi connectivity index (χ1v) is 11.0. The molecule has 0 atom stereocenters. The summed E-state index contributed by atoms with van der Waals surface area (Å²) in [5.74, 6) is -0.836.